The average molecular weight is 271 g/mol. The van der Waals surface area contributed by atoms with Crippen LogP contribution in [0.5, 0.6) is 0 Å². The standard InChI is InChI=1S/C13H25N3O3/c1-10-5-8-16(11(9-10)12(17)18)13(19)15(3)7-4-6-14-2/h10-11,14H,4-9H2,1-3H3,(H,17,18). The number of carbonyl (C=O) groups is 2. The zero-order valence-corrected chi connectivity index (χ0v) is 12.1. The van der Waals surface area contributed by atoms with E-state index in [1.165, 1.54) is 4.90 Å². The zero-order valence-electron chi connectivity index (χ0n) is 12.1. The third-order valence-electron chi connectivity index (χ3n) is 3.64. The first kappa shape index (κ1) is 15.8. The molecule has 0 aliphatic carbocycles. The van der Waals surface area contributed by atoms with Gasteiger partial charge in [0, 0.05) is 20.1 Å². The number of likely N-dealkylation sites (tertiary alicyclic amines) is 1. The average Bonchev–Trinajstić information content (AvgIpc) is 2.38. The summed E-state index contributed by atoms with van der Waals surface area (Å²) in [6, 6.07) is -0.849. The molecule has 2 atom stereocenters. The second-order valence-corrected chi connectivity index (χ2v) is 5.34. The fourth-order valence-electron chi connectivity index (χ4n) is 2.41. The van der Waals surface area contributed by atoms with Crippen LogP contribution >= 0.6 is 0 Å². The van der Waals surface area contributed by atoms with Crippen molar-refractivity contribution >= 4 is 12.0 Å². The van der Waals surface area contributed by atoms with Gasteiger partial charge in [-0.25, -0.2) is 9.59 Å². The molecule has 0 saturated carbocycles. The van der Waals surface area contributed by atoms with Gasteiger partial charge in [-0.15, -0.1) is 0 Å². The van der Waals surface area contributed by atoms with Gasteiger partial charge >= 0.3 is 12.0 Å². The first-order chi connectivity index (χ1) is 8.97. The fraction of sp³-hybridized carbons (Fsp3) is 0.846. The molecule has 1 rings (SSSR count). The van der Waals surface area contributed by atoms with Crippen LogP contribution in [0.15, 0.2) is 0 Å². The van der Waals surface area contributed by atoms with E-state index in [0.717, 1.165) is 19.4 Å². The molecule has 1 heterocycles. The van der Waals surface area contributed by atoms with Crippen molar-refractivity contribution < 1.29 is 14.7 Å². The number of urea groups is 1. The monoisotopic (exact) mass is 271 g/mol. The van der Waals surface area contributed by atoms with Crippen LogP contribution in [0.25, 0.3) is 0 Å². The maximum Gasteiger partial charge on any atom is 0.326 e. The Morgan fingerprint density at radius 3 is 2.74 bits per heavy atom. The number of carboxylic acid groups (broad SMARTS) is 1. The number of nitrogens with zero attached hydrogens (tertiary/aromatic N) is 2. The second kappa shape index (κ2) is 7.33. The summed E-state index contributed by atoms with van der Waals surface area (Å²) in [5.41, 5.74) is 0. The molecule has 6 nitrogen and oxygen atoms in total. The molecule has 0 aromatic rings. The van der Waals surface area contributed by atoms with Gasteiger partial charge in [-0.2, -0.15) is 0 Å². The number of aliphatic carboxylic acids is 1. The van der Waals surface area contributed by atoms with Crippen molar-refractivity contribution in [1.29, 1.82) is 0 Å². The van der Waals surface area contributed by atoms with Gasteiger partial charge in [0.15, 0.2) is 0 Å². The third-order valence-corrected chi connectivity index (χ3v) is 3.64. The van der Waals surface area contributed by atoms with E-state index in [1.807, 2.05) is 14.0 Å². The first-order valence-electron chi connectivity index (χ1n) is 6.86. The van der Waals surface area contributed by atoms with Crippen LogP contribution in [-0.4, -0.2) is 66.7 Å². The van der Waals surface area contributed by atoms with Crippen LogP contribution in [0.4, 0.5) is 4.79 Å². The van der Waals surface area contributed by atoms with Gasteiger partial charge in [-0.05, 0) is 38.8 Å². The van der Waals surface area contributed by atoms with Crippen LogP contribution in [0.1, 0.15) is 26.2 Å². The molecule has 1 aliphatic rings. The van der Waals surface area contributed by atoms with Crippen molar-refractivity contribution in [2.45, 2.75) is 32.2 Å². The summed E-state index contributed by atoms with van der Waals surface area (Å²) in [4.78, 5) is 26.7. The molecule has 2 amide bonds. The Hall–Kier alpha value is -1.30. The maximum absolute atomic E-state index is 12.3. The van der Waals surface area contributed by atoms with Gasteiger partial charge in [0.25, 0.3) is 0 Å². The number of hydrogen-bond acceptors (Lipinski definition) is 3. The smallest absolute Gasteiger partial charge is 0.326 e. The van der Waals surface area contributed by atoms with Crippen LogP contribution < -0.4 is 5.32 Å². The van der Waals surface area contributed by atoms with Gasteiger partial charge in [-0.3, -0.25) is 0 Å². The van der Waals surface area contributed by atoms with Gasteiger partial charge in [-0.1, -0.05) is 6.92 Å². The van der Waals surface area contributed by atoms with Crippen LogP contribution in [0.3, 0.4) is 0 Å². The summed E-state index contributed by atoms with van der Waals surface area (Å²) in [6.07, 6.45) is 2.28. The lowest BCUT2D eigenvalue weighted by molar-refractivity contribution is -0.144. The number of hydrogen-bond donors (Lipinski definition) is 2. The zero-order chi connectivity index (χ0) is 14.4. The van der Waals surface area contributed by atoms with E-state index in [4.69, 9.17) is 0 Å². The lowest BCUT2D eigenvalue weighted by atomic mass is 9.93. The molecule has 1 aliphatic heterocycles. The molecule has 19 heavy (non-hydrogen) atoms. The SMILES string of the molecule is CNCCCN(C)C(=O)N1CCC(C)CC1C(=O)O. The Balaban J connectivity index is 2.60. The van der Waals surface area contributed by atoms with Crippen LogP contribution in [0, 0.1) is 5.92 Å². The van der Waals surface area contributed by atoms with Gasteiger partial charge in [0.2, 0.25) is 0 Å². The molecular formula is C13H25N3O3. The van der Waals surface area contributed by atoms with E-state index in [9.17, 15) is 14.7 Å². The normalized spacial score (nSPS) is 23.2. The highest BCUT2D eigenvalue weighted by molar-refractivity contribution is 5.82. The summed E-state index contributed by atoms with van der Waals surface area (Å²) in [7, 11) is 3.60. The summed E-state index contributed by atoms with van der Waals surface area (Å²) in [6.45, 7) is 4.05. The van der Waals surface area contributed by atoms with Crippen molar-refractivity contribution in [3.63, 3.8) is 0 Å². The number of nitrogens with one attached hydrogen (secondary N) is 1. The number of carbonyl (C=O) groups excluding carboxylic acids is 1. The molecule has 1 saturated heterocycles. The van der Waals surface area contributed by atoms with E-state index >= 15 is 0 Å². The summed E-state index contributed by atoms with van der Waals surface area (Å²) in [5.74, 6) is -0.539. The number of piperidine rings is 1. The lowest BCUT2D eigenvalue weighted by Crippen LogP contribution is -2.53. The second-order valence-electron chi connectivity index (χ2n) is 5.34. The highest BCUT2D eigenvalue weighted by Crippen LogP contribution is 2.23. The molecule has 1 fully saturated rings. The Morgan fingerprint density at radius 1 is 1.47 bits per heavy atom. The molecule has 6 heteroatoms. The number of carboxylic acids is 1. The minimum absolute atomic E-state index is 0.171. The Kier molecular flexibility index (Phi) is 6.08. The number of amides is 2. The predicted molar refractivity (Wildman–Crippen MR) is 73.1 cm³/mol. The van der Waals surface area contributed by atoms with E-state index in [-0.39, 0.29) is 6.03 Å². The summed E-state index contributed by atoms with van der Waals surface area (Å²) in [5, 5.41) is 12.3. The Labute approximate surface area is 114 Å². The van der Waals surface area contributed by atoms with Crippen LogP contribution in [-0.2, 0) is 4.79 Å². The number of rotatable bonds is 5. The molecule has 0 radical (unpaired) electrons. The summed E-state index contributed by atoms with van der Waals surface area (Å²) < 4.78 is 0. The molecular weight excluding hydrogens is 246 g/mol. The fourth-order valence-corrected chi connectivity index (χ4v) is 2.41. The molecule has 110 valence electrons. The summed E-state index contributed by atoms with van der Waals surface area (Å²) >= 11 is 0. The quantitative estimate of drug-likeness (QED) is 0.727. The van der Waals surface area contributed by atoms with Gasteiger partial charge < -0.3 is 20.2 Å². The van der Waals surface area contributed by atoms with Crippen LogP contribution in [0.2, 0.25) is 0 Å². The van der Waals surface area contributed by atoms with Crippen molar-refractivity contribution in [2.75, 3.05) is 33.7 Å². The largest absolute Gasteiger partial charge is 0.480 e. The van der Waals surface area contributed by atoms with Crippen molar-refractivity contribution in [1.82, 2.24) is 15.1 Å². The molecule has 0 spiro atoms. The molecule has 0 bridgehead atoms. The van der Waals surface area contributed by atoms with E-state index in [0.29, 0.717) is 25.4 Å². The molecule has 2 unspecified atom stereocenters. The highest BCUT2D eigenvalue weighted by Gasteiger charge is 2.35. The van der Waals surface area contributed by atoms with Crippen molar-refractivity contribution in [2.24, 2.45) is 5.92 Å². The third kappa shape index (κ3) is 4.38. The van der Waals surface area contributed by atoms with E-state index < -0.39 is 12.0 Å². The minimum Gasteiger partial charge on any atom is -0.480 e. The van der Waals surface area contributed by atoms with E-state index in [1.54, 1.807) is 11.9 Å². The molecule has 0 aromatic carbocycles. The lowest BCUT2D eigenvalue weighted by Gasteiger charge is -2.38. The van der Waals surface area contributed by atoms with Gasteiger partial charge in [0.1, 0.15) is 6.04 Å². The topological polar surface area (TPSA) is 72.9 Å². The van der Waals surface area contributed by atoms with E-state index in [2.05, 4.69) is 5.32 Å². The minimum atomic E-state index is -0.900. The highest BCUT2D eigenvalue weighted by atomic mass is 16.4. The Morgan fingerprint density at radius 2 is 2.16 bits per heavy atom. The van der Waals surface area contributed by atoms with Gasteiger partial charge in [0.05, 0.1) is 0 Å². The molecule has 0 aromatic heterocycles. The predicted octanol–water partition coefficient (Wildman–Crippen LogP) is 0.833. The molecule has 2 N–H and O–H groups in total. The van der Waals surface area contributed by atoms with Crippen molar-refractivity contribution in [3.05, 3.63) is 0 Å². The Bertz CT molecular complexity index is 322. The van der Waals surface area contributed by atoms with Crippen molar-refractivity contribution in [3.8, 4) is 0 Å². The first-order valence-corrected chi connectivity index (χ1v) is 6.86. The maximum atomic E-state index is 12.3.